The Morgan fingerprint density at radius 3 is 2.75 bits per heavy atom. The molecule has 2 aromatic heterocycles. The van der Waals surface area contributed by atoms with Gasteiger partial charge in [0.1, 0.15) is 10.6 Å². The summed E-state index contributed by atoms with van der Waals surface area (Å²) in [5.41, 5.74) is 0.756. The summed E-state index contributed by atoms with van der Waals surface area (Å²) in [6.45, 7) is 0. The summed E-state index contributed by atoms with van der Waals surface area (Å²) in [5, 5.41) is 4.58. The maximum Gasteiger partial charge on any atom is 0.275 e. The third kappa shape index (κ3) is 3.62. The Labute approximate surface area is 144 Å². The lowest BCUT2D eigenvalue weighted by Gasteiger charge is -2.31. The third-order valence-corrected chi connectivity index (χ3v) is 5.25. The lowest BCUT2D eigenvalue weighted by atomic mass is 9.94. The average Bonchev–Trinajstić information content (AvgIpc) is 3.10. The molecule has 0 radical (unpaired) electrons. The lowest BCUT2D eigenvalue weighted by molar-refractivity contribution is 0.0702. The van der Waals surface area contributed by atoms with Crippen LogP contribution in [0.4, 0.5) is 5.69 Å². The maximum absolute atomic E-state index is 12.8. The van der Waals surface area contributed by atoms with Crippen molar-refractivity contribution in [2.24, 2.45) is 0 Å². The molecule has 1 aliphatic carbocycles. The highest BCUT2D eigenvalue weighted by Crippen LogP contribution is 2.28. The van der Waals surface area contributed by atoms with Gasteiger partial charge in [-0.1, -0.05) is 19.3 Å². The van der Waals surface area contributed by atoms with E-state index in [2.05, 4.69) is 15.3 Å². The number of hydrogen-bond donors (Lipinski definition) is 1. The minimum Gasteiger partial charge on any atom is -0.338 e. The van der Waals surface area contributed by atoms with Crippen molar-refractivity contribution >= 4 is 28.8 Å². The van der Waals surface area contributed by atoms with Gasteiger partial charge >= 0.3 is 0 Å². The van der Waals surface area contributed by atoms with Gasteiger partial charge in [0, 0.05) is 25.5 Å². The van der Waals surface area contributed by atoms with E-state index in [1.807, 2.05) is 17.3 Å². The zero-order chi connectivity index (χ0) is 16.9. The highest BCUT2D eigenvalue weighted by atomic mass is 32.1. The number of carbonyl (C=O) groups is 2. The smallest absolute Gasteiger partial charge is 0.275 e. The summed E-state index contributed by atoms with van der Waals surface area (Å²) in [6.07, 6.45) is 10.1. The Bertz CT molecular complexity index is 710. The number of hydrogen-bond acceptors (Lipinski definition) is 5. The van der Waals surface area contributed by atoms with Gasteiger partial charge in [-0.05, 0) is 24.3 Å². The number of carbonyl (C=O) groups excluding carboxylic acids is 2. The normalized spacial score (nSPS) is 15.0. The molecule has 7 heteroatoms. The molecule has 6 nitrogen and oxygen atoms in total. The molecule has 1 aliphatic rings. The van der Waals surface area contributed by atoms with E-state index in [1.165, 1.54) is 49.2 Å². The van der Waals surface area contributed by atoms with Gasteiger partial charge in [-0.25, -0.2) is 4.98 Å². The van der Waals surface area contributed by atoms with E-state index in [4.69, 9.17) is 0 Å². The molecule has 0 aliphatic heterocycles. The highest BCUT2D eigenvalue weighted by Gasteiger charge is 2.26. The predicted molar refractivity (Wildman–Crippen MR) is 93.3 cm³/mol. The first-order valence-corrected chi connectivity index (χ1v) is 8.97. The minimum absolute atomic E-state index is 0.0358. The molecule has 0 bridgehead atoms. The maximum atomic E-state index is 12.8. The molecule has 2 aromatic rings. The molecule has 0 spiro atoms. The average molecular weight is 344 g/mol. The quantitative estimate of drug-likeness (QED) is 0.924. The van der Waals surface area contributed by atoms with Gasteiger partial charge in [0.25, 0.3) is 11.8 Å². The molecule has 0 aromatic carbocycles. The zero-order valence-electron chi connectivity index (χ0n) is 13.6. The molecule has 2 heterocycles. The van der Waals surface area contributed by atoms with Crippen LogP contribution in [-0.4, -0.2) is 39.8 Å². The predicted octanol–water partition coefficient (Wildman–Crippen LogP) is 3.20. The Morgan fingerprint density at radius 2 is 2.04 bits per heavy atom. The van der Waals surface area contributed by atoms with Crippen molar-refractivity contribution in [3.05, 3.63) is 40.6 Å². The summed E-state index contributed by atoms with van der Waals surface area (Å²) < 4.78 is 0. The number of nitrogens with zero attached hydrogens (tertiary/aromatic N) is 3. The van der Waals surface area contributed by atoms with Crippen molar-refractivity contribution in [3.8, 4) is 0 Å². The molecule has 2 amide bonds. The van der Waals surface area contributed by atoms with Crippen molar-refractivity contribution in [1.29, 1.82) is 0 Å². The first-order valence-electron chi connectivity index (χ1n) is 8.09. The molecule has 1 N–H and O–H groups in total. The number of thiophene rings is 1. The summed E-state index contributed by atoms with van der Waals surface area (Å²) in [7, 11) is 1.85. The van der Waals surface area contributed by atoms with Crippen LogP contribution in [0.5, 0.6) is 0 Å². The summed E-state index contributed by atoms with van der Waals surface area (Å²) >= 11 is 1.35. The Balaban J connectivity index is 1.72. The lowest BCUT2D eigenvalue weighted by Crippen LogP contribution is -2.38. The van der Waals surface area contributed by atoms with Crippen LogP contribution in [-0.2, 0) is 0 Å². The van der Waals surface area contributed by atoms with Gasteiger partial charge in [-0.2, -0.15) is 0 Å². The number of aromatic nitrogens is 2. The van der Waals surface area contributed by atoms with E-state index in [0.717, 1.165) is 12.8 Å². The van der Waals surface area contributed by atoms with Crippen molar-refractivity contribution in [1.82, 2.24) is 14.9 Å². The largest absolute Gasteiger partial charge is 0.338 e. The van der Waals surface area contributed by atoms with Crippen molar-refractivity contribution in [3.63, 3.8) is 0 Å². The van der Waals surface area contributed by atoms with Crippen LogP contribution in [0.25, 0.3) is 0 Å². The Kier molecular flexibility index (Phi) is 5.20. The number of anilines is 1. The Hall–Kier alpha value is -2.28. The summed E-state index contributed by atoms with van der Waals surface area (Å²) in [5.74, 6) is -0.401. The van der Waals surface area contributed by atoms with Crippen LogP contribution in [0.2, 0.25) is 0 Å². The van der Waals surface area contributed by atoms with Gasteiger partial charge in [0.2, 0.25) is 0 Å². The SMILES string of the molecule is CN(C(=O)c1sccc1NC(=O)c1cnccn1)C1CCCCC1. The van der Waals surface area contributed by atoms with E-state index in [-0.39, 0.29) is 23.6 Å². The molecule has 0 unspecified atom stereocenters. The van der Waals surface area contributed by atoms with E-state index >= 15 is 0 Å². The van der Waals surface area contributed by atoms with E-state index in [0.29, 0.717) is 10.6 Å². The van der Waals surface area contributed by atoms with Crippen LogP contribution in [0.1, 0.15) is 52.3 Å². The van der Waals surface area contributed by atoms with E-state index in [9.17, 15) is 9.59 Å². The molecule has 0 saturated heterocycles. The topological polar surface area (TPSA) is 75.2 Å². The molecule has 24 heavy (non-hydrogen) atoms. The third-order valence-electron chi connectivity index (χ3n) is 4.35. The zero-order valence-corrected chi connectivity index (χ0v) is 14.4. The molecule has 1 saturated carbocycles. The fourth-order valence-electron chi connectivity index (χ4n) is 2.97. The minimum atomic E-state index is -0.365. The van der Waals surface area contributed by atoms with Crippen LogP contribution < -0.4 is 5.32 Å². The number of nitrogens with one attached hydrogen (secondary N) is 1. The standard InChI is InChI=1S/C17H20N4O2S/c1-21(12-5-3-2-4-6-12)17(23)15-13(7-10-24-15)20-16(22)14-11-18-8-9-19-14/h7-12H,2-6H2,1H3,(H,20,22). The van der Waals surface area contributed by atoms with Crippen molar-refractivity contribution < 1.29 is 9.59 Å². The summed E-state index contributed by atoms with van der Waals surface area (Å²) in [6, 6.07) is 2.04. The number of rotatable bonds is 4. The molecule has 0 atom stereocenters. The molecular formula is C17H20N4O2S. The highest BCUT2D eigenvalue weighted by molar-refractivity contribution is 7.12. The van der Waals surface area contributed by atoms with Gasteiger partial charge < -0.3 is 10.2 Å². The van der Waals surface area contributed by atoms with Crippen molar-refractivity contribution in [2.75, 3.05) is 12.4 Å². The Morgan fingerprint density at radius 1 is 1.25 bits per heavy atom. The van der Waals surface area contributed by atoms with Crippen LogP contribution in [0.3, 0.4) is 0 Å². The van der Waals surface area contributed by atoms with Gasteiger partial charge in [0.15, 0.2) is 0 Å². The first kappa shape index (κ1) is 16.6. The molecule has 3 rings (SSSR count). The van der Waals surface area contributed by atoms with Gasteiger partial charge in [-0.15, -0.1) is 11.3 Å². The summed E-state index contributed by atoms with van der Waals surface area (Å²) in [4.78, 5) is 35.3. The molecule has 126 valence electrons. The van der Waals surface area contributed by atoms with Crippen LogP contribution in [0.15, 0.2) is 30.0 Å². The second-order valence-electron chi connectivity index (χ2n) is 5.92. The van der Waals surface area contributed by atoms with Gasteiger partial charge in [-0.3, -0.25) is 14.6 Å². The van der Waals surface area contributed by atoms with Crippen LogP contribution >= 0.6 is 11.3 Å². The second kappa shape index (κ2) is 7.53. The van der Waals surface area contributed by atoms with Crippen molar-refractivity contribution in [2.45, 2.75) is 38.1 Å². The van der Waals surface area contributed by atoms with Crippen LogP contribution in [0, 0.1) is 0 Å². The van der Waals surface area contributed by atoms with E-state index in [1.54, 1.807) is 6.07 Å². The molecular weight excluding hydrogens is 324 g/mol. The molecule has 1 fully saturated rings. The first-order chi connectivity index (χ1) is 11.7. The fraction of sp³-hybridized carbons (Fsp3) is 0.412. The monoisotopic (exact) mass is 344 g/mol. The van der Waals surface area contributed by atoms with Gasteiger partial charge in [0.05, 0.1) is 11.9 Å². The van der Waals surface area contributed by atoms with E-state index < -0.39 is 0 Å². The number of amides is 2. The second-order valence-corrected chi connectivity index (χ2v) is 6.83. The fourth-order valence-corrected chi connectivity index (χ4v) is 3.80.